The summed E-state index contributed by atoms with van der Waals surface area (Å²) in [6.45, 7) is 0.566. The summed E-state index contributed by atoms with van der Waals surface area (Å²) in [5.41, 5.74) is 1.24. The van der Waals surface area contributed by atoms with Crippen LogP contribution in [0.4, 0.5) is 13.6 Å². The number of halogens is 2. The molecule has 0 heterocycles. The fourth-order valence-corrected chi connectivity index (χ4v) is 3.62. The highest BCUT2D eigenvalue weighted by Gasteiger charge is 2.23. The molecule has 0 aromatic heterocycles. The van der Waals surface area contributed by atoms with Gasteiger partial charge in [0.15, 0.2) is 0 Å². The molecule has 6 heteroatoms. The van der Waals surface area contributed by atoms with Gasteiger partial charge in [0.1, 0.15) is 11.6 Å². The van der Waals surface area contributed by atoms with Crippen LogP contribution in [0.1, 0.15) is 43.2 Å². The molecule has 0 bridgehead atoms. The van der Waals surface area contributed by atoms with Crippen LogP contribution in [0, 0.1) is 11.6 Å². The number of benzene rings is 2. The number of urea groups is 1. The molecule has 0 radical (unpaired) electrons. The summed E-state index contributed by atoms with van der Waals surface area (Å²) in [5.74, 6) is -1.16. The Morgan fingerprint density at radius 3 is 2.34 bits per heavy atom. The van der Waals surface area contributed by atoms with Gasteiger partial charge >= 0.3 is 6.03 Å². The van der Waals surface area contributed by atoms with Crippen molar-refractivity contribution in [1.29, 1.82) is 0 Å². The van der Waals surface area contributed by atoms with Gasteiger partial charge in [-0.1, -0.05) is 36.4 Å². The molecule has 0 aliphatic heterocycles. The molecule has 0 saturated heterocycles. The maximum atomic E-state index is 13.7. The first-order valence-electron chi connectivity index (χ1n) is 10.2. The molecule has 0 unspecified atom stereocenters. The van der Waals surface area contributed by atoms with E-state index in [9.17, 15) is 13.6 Å². The monoisotopic (exact) mass is 402 g/mol. The SMILES string of the molecule is O=C(NCCCc1ccccc1)NC1CCC(OCc2c(F)cccc2F)CC1. The van der Waals surface area contributed by atoms with Gasteiger partial charge < -0.3 is 15.4 Å². The highest BCUT2D eigenvalue weighted by Crippen LogP contribution is 2.23. The van der Waals surface area contributed by atoms with E-state index in [0.29, 0.717) is 6.54 Å². The van der Waals surface area contributed by atoms with E-state index in [4.69, 9.17) is 4.74 Å². The molecule has 156 valence electrons. The van der Waals surface area contributed by atoms with E-state index in [1.165, 1.54) is 23.8 Å². The molecule has 1 fully saturated rings. The Balaban J connectivity index is 1.29. The lowest BCUT2D eigenvalue weighted by Crippen LogP contribution is -2.44. The molecule has 0 spiro atoms. The standard InChI is InChI=1S/C23H28F2N2O2/c24-21-9-4-10-22(25)20(21)16-29-19-13-11-18(12-14-19)27-23(28)26-15-5-8-17-6-2-1-3-7-17/h1-4,6-7,9-10,18-19H,5,8,11-16H2,(H2,26,27,28). The minimum Gasteiger partial charge on any atom is -0.373 e. The molecular formula is C23H28F2N2O2. The van der Waals surface area contributed by atoms with Gasteiger partial charge in [0.25, 0.3) is 0 Å². The van der Waals surface area contributed by atoms with Gasteiger partial charge in [-0.05, 0) is 56.2 Å². The number of carbonyl (C=O) groups excluding carboxylic acids is 1. The van der Waals surface area contributed by atoms with Crippen molar-refractivity contribution in [1.82, 2.24) is 10.6 Å². The minimum absolute atomic E-state index is 0.0253. The van der Waals surface area contributed by atoms with Crippen LogP contribution in [0.2, 0.25) is 0 Å². The number of hydrogen-bond acceptors (Lipinski definition) is 2. The van der Waals surface area contributed by atoms with Crippen molar-refractivity contribution in [2.24, 2.45) is 0 Å². The first-order chi connectivity index (χ1) is 14.1. The van der Waals surface area contributed by atoms with Crippen LogP contribution < -0.4 is 10.6 Å². The van der Waals surface area contributed by atoms with E-state index in [1.807, 2.05) is 18.2 Å². The van der Waals surface area contributed by atoms with Crippen LogP contribution >= 0.6 is 0 Å². The van der Waals surface area contributed by atoms with Crippen molar-refractivity contribution in [3.8, 4) is 0 Å². The smallest absolute Gasteiger partial charge is 0.315 e. The first kappa shape index (κ1) is 21.2. The van der Waals surface area contributed by atoms with Crippen LogP contribution in [-0.4, -0.2) is 24.7 Å². The Bertz CT molecular complexity index is 757. The Hall–Kier alpha value is -2.47. The summed E-state index contributed by atoms with van der Waals surface area (Å²) in [6, 6.07) is 14.0. The van der Waals surface area contributed by atoms with Crippen molar-refractivity contribution in [3.05, 3.63) is 71.3 Å². The van der Waals surface area contributed by atoms with Crippen LogP contribution in [-0.2, 0) is 17.8 Å². The minimum atomic E-state index is -0.579. The lowest BCUT2D eigenvalue weighted by molar-refractivity contribution is 0.00953. The number of ether oxygens (including phenoxy) is 1. The quantitative estimate of drug-likeness (QED) is 0.628. The third-order valence-corrected chi connectivity index (χ3v) is 5.31. The van der Waals surface area contributed by atoms with E-state index in [2.05, 4.69) is 22.8 Å². The van der Waals surface area contributed by atoms with Crippen molar-refractivity contribution >= 4 is 6.03 Å². The van der Waals surface area contributed by atoms with Gasteiger partial charge in [-0.15, -0.1) is 0 Å². The second-order valence-electron chi connectivity index (χ2n) is 7.47. The van der Waals surface area contributed by atoms with E-state index in [0.717, 1.165) is 38.5 Å². The Kier molecular flexibility index (Phi) is 7.99. The highest BCUT2D eigenvalue weighted by atomic mass is 19.1. The maximum absolute atomic E-state index is 13.7. The molecule has 2 aromatic rings. The van der Waals surface area contributed by atoms with E-state index in [1.54, 1.807) is 0 Å². The summed E-state index contributed by atoms with van der Waals surface area (Å²) in [7, 11) is 0. The van der Waals surface area contributed by atoms with E-state index < -0.39 is 11.6 Å². The van der Waals surface area contributed by atoms with Gasteiger partial charge in [0, 0.05) is 18.2 Å². The molecule has 4 nitrogen and oxygen atoms in total. The lowest BCUT2D eigenvalue weighted by atomic mass is 9.93. The van der Waals surface area contributed by atoms with Crippen LogP contribution in [0.5, 0.6) is 0 Å². The van der Waals surface area contributed by atoms with Gasteiger partial charge in [-0.2, -0.15) is 0 Å². The summed E-state index contributed by atoms with van der Waals surface area (Å²) < 4.78 is 33.0. The molecule has 0 atom stereocenters. The first-order valence-corrected chi connectivity index (χ1v) is 10.2. The van der Waals surface area contributed by atoms with Gasteiger partial charge in [0.2, 0.25) is 0 Å². The number of carbonyl (C=O) groups is 1. The third-order valence-electron chi connectivity index (χ3n) is 5.31. The van der Waals surface area contributed by atoms with Crippen LogP contribution in [0.3, 0.4) is 0 Å². The average molecular weight is 402 g/mol. The van der Waals surface area contributed by atoms with Crippen molar-refractivity contribution in [2.75, 3.05) is 6.54 Å². The molecular weight excluding hydrogens is 374 g/mol. The highest BCUT2D eigenvalue weighted by molar-refractivity contribution is 5.74. The topological polar surface area (TPSA) is 50.4 Å². The average Bonchev–Trinajstić information content (AvgIpc) is 2.73. The van der Waals surface area contributed by atoms with Crippen molar-refractivity contribution in [2.45, 2.75) is 57.3 Å². The largest absolute Gasteiger partial charge is 0.373 e. The molecule has 2 amide bonds. The van der Waals surface area contributed by atoms with Gasteiger partial charge in [0.05, 0.1) is 12.7 Å². The summed E-state index contributed by atoms with van der Waals surface area (Å²) in [4.78, 5) is 12.1. The zero-order valence-electron chi connectivity index (χ0n) is 16.5. The second-order valence-corrected chi connectivity index (χ2v) is 7.47. The number of rotatable bonds is 8. The second kappa shape index (κ2) is 10.9. The molecule has 1 aliphatic rings. The number of hydrogen-bond donors (Lipinski definition) is 2. The van der Waals surface area contributed by atoms with E-state index in [-0.39, 0.29) is 30.3 Å². The number of aryl methyl sites for hydroxylation is 1. The number of amides is 2. The van der Waals surface area contributed by atoms with Crippen LogP contribution in [0.25, 0.3) is 0 Å². The fraction of sp³-hybridized carbons (Fsp3) is 0.435. The summed E-state index contributed by atoms with van der Waals surface area (Å²) in [5, 5.41) is 5.91. The van der Waals surface area contributed by atoms with E-state index >= 15 is 0 Å². The number of nitrogens with one attached hydrogen (secondary N) is 2. The molecule has 29 heavy (non-hydrogen) atoms. The molecule has 2 N–H and O–H groups in total. The predicted molar refractivity (Wildman–Crippen MR) is 108 cm³/mol. The van der Waals surface area contributed by atoms with Gasteiger partial charge in [-0.3, -0.25) is 0 Å². The molecule has 1 saturated carbocycles. The fourth-order valence-electron chi connectivity index (χ4n) is 3.62. The molecule has 1 aliphatic carbocycles. The zero-order valence-corrected chi connectivity index (χ0v) is 16.5. The lowest BCUT2D eigenvalue weighted by Gasteiger charge is -2.29. The Morgan fingerprint density at radius 2 is 1.66 bits per heavy atom. The summed E-state index contributed by atoms with van der Waals surface area (Å²) >= 11 is 0. The Morgan fingerprint density at radius 1 is 0.966 bits per heavy atom. The third kappa shape index (κ3) is 6.82. The molecule has 2 aromatic carbocycles. The maximum Gasteiger partial charge on any atom is 0.315 e. The van der Waals surface area contributed by atoms with Gasteiger partial charge in [-0.25, -0.2) is 13.6 Å². The zero-order chi connectivity index (χ0) is 20.5. The van der Waals surface area contributed by atoms with Crippen LogP contribution in [0.15, 0.2) is 48.5 Å². The van der Waals surface area contributed by atoms with Crippen molar-refractivity contribution < 1.29 is 18.3 Å². The van der Waals surface area contributed by atoms with Crippen molar-refractivity contribution in [3.63, 3.8) is 0 Å². The molecule has 3 rings (SSSR count). The normalized spacial score (nSPS) is 19.0. The summed E-state index contributed by atoms with van der Waals surface area (Å²) in [6.07, 6.45) is 4.89. The predicted octanol–water partition coefficient (Wildman–Crippen LogP) is 4.72. The Labute approximate surface area is 170 Å².